The molecule has 0 spiro atoms. The first-order valence-corrected chi connectivity index (χ1v) is 24.1. The summed E-state index contributed by atoms with van der Waals surface area (Å²) < 4.78 is 5.57. The summed E-state index contributed by atoms with van der Waals surface area (Å²) >= 11 is 0. The zero-order chi connectivity index (χ0) is 46.6. The smallest absolute Gasteiger partial charge is 0.177 e. The number of rotatable bonds is 18. The predicted octanol–water partition coefficient (Wildman–Crippen LogP) is 8.78. The van der Waals surface area contributed by atoms with Gasteiger partial charge in [-0.2, -0.15) is 0 Å². The van der Waals surface area contributed by atoms with Crippen LogP contribution in [0.2, 0.25) is 0 Å². The molecule has 0 saturated heterocycles. The number of pyridine rings is 1. The predicted molar refractivity (Wildman–Crippen MR) is 260 cm³/mol. The number of aryl methyl sites for hydroxylation is 2. The molecule has 0 amide bonds. The van der Waals surface area contributed by atoms with Crippen molar-refractivity contribution in [2.24, 2.45) is 46.4 Å². The molecule has 3 aliphatic rings. The highest BCUT2D eigenvalue weighted by molar-refractivity contribution is 6.00. The maximum atomic E-state index is 14.8. The van der Waals surface area contributed by atoms with Crippen LogP contribution < -0.4 is 15.8 Å². The number of anilines is 1. The van der Waals surface area contributed by atoms with Gasteiger partial charge in [0.15, 0.2) is 17.2 Å². The Labute approximate surface area is 388 Å². The highest BCUT2D eigenvalue weighted by Crippen LogP contribution is 2.45. The molecule has 10 heteroatoms. The van der Waals surface area contributed by atoms with Crippen LogP contribution in [0, 0.1) is 59.2 Å². The number of benzene rings is 2. The molecule has 9 atom stereocenters. The van der Waals surface area contributed by atoms with Crippen LogP contribution in [0.4, 0.5) is 5.82 Å². The fourth-order valence-electron chi connectivity index (χ4n) is 10.5. The van der Waals surface area contributed by atoms with Gasteiger partial charge in [-0.25, -0.2) is 4.98 Å². The van der Waals surface area contributed by atoms with E-state index in [1.807, 2.05) is 30.5 Å². The number of aromatic nitrogens is 1. The number of aliphatic hydroxyl groups is 2. The Morgan fingerprint density at radius 1 is 0.969 bits per heavy atom. The van der Waals surface area contributed by atoms with Gasteiger partial charge in [0.1, 0.15) is 35.6 Å². The number of aromatic hydroxyl groups is 1. The molecule has 3 aromatic rings. The number of carbonyl (C=O) groups is 2. The van der Waals surface area contributed by atoms with Gasteiger partial charge in [0.25, 0.3) is 0 Å². The molecular weight excluding hydrogens is 813 g/mol. The zero-order valence-electron chi connectivity index (χ0n) is 39.6. The van der Waals surface area contributed by atoms with Crippen LogP contribution in [0.3, 0.4) is 0 Å². The number of phenols is 1. The Balaban J connectivity index is 1.41. The number of ether oxygens (including phenoxy) is 1. The molecule has 65 heavy (non-hydrogen) atoms. The van der Waals surface area contributed by atoms with E-state index in [9.17, 15) is 24.9 Å². The lowest BCUT2D eigenvalue weighted by Gasteiger charge is -2.32. The van der Waals surface area contributed by atoms with Crippen molar-refractivity contribution in [3.05, 3.63) is 100 Å². The second-order valence-corrected chi connectivity index (χ2v) is 19.6. The second kappa shape index (κ2) is 23.5. The molecule has 0 bridgehead atoms. The van der Waals surface area contributed by atoms with Gasteiger partial charge in [-0.3, -0.25) is 9.59 Å². The van der Waals surface area contributed by atoms with Gasteiger partial charge in [0.2, 0.25) is 0 Å². The van der Waals surface area contributed by atoms with Gasteiger partial charge in [-0.1, -0.05) is 63.3 Å². The molecule has 10 nitrogen and oxygen atoms in total. The van der Waals surface area contributed by atoms with Crippen molar-refractivity contribution in [1.29, 1.82) is 0 Å². The van der Waals surface area contributed by atoms with Gasteiger partial charge in [0, 0.05) is 37.5 Å². The van der Waals surface area contributed by atoms with Gasteiger partial charge in [0.05, 0.1) is 44.0 Å². The Bertz CT molecular complexity index is 2200. The minimum absolute atomic E-state index is 0.0195. The Kier molecular flexibility index (Phi) is 17.9. The van der Waals surface area contributed by atoms with Gasteiger partial charge < -0.3 is 31.1 Å². The van der Waals surface area contributed by atoms with Crippen molar-refractivity contribution in [2.45, 2.75) is 130 Å². The topological polar surface area (TPSA) is 167 Å². The number of fused-ring (bicyclic) bond motifs is 2. The lowest BCUT2D eigenvalue weighted by Crippen LogP contribution is -2.32. The summed E-state index contributed by atoms with van der Waals surface area (Å²) in [6.45, 7) is 11.7. The number of hydrogen-bond acceptors (Lipinski definition) is 10. The standard InChI is InChI=1S/C55H72N4O6/c1-7-10-47(51(62)28-44-25-43(33-59-44)35(4)31-57-32-36(5)60)42-23-38(21-37-19-20-58-55(56)24-37)22-40-16-18-48(46-12-9-8-11-39(46)14-13-34(2)3)49-30-53(64)54(65-6)27-41(49)15-17-45(61)29-52(63)50(40)26-42/h8-9,11-12,19-20,24-25,27,30,33-36,38,40,42,47-48,50-51,57,60,62H,7,10,13-15,17,21-23,26,28-29,31-32H2,1-6H3,(H2-,56,58,64)/p+1. The van der Waals surface area contributed by atoms with E-state index in [1.165, 1.54) is 12.7 Å². The quantitative estimate of drug-likeness (QED) is 0.0477. The van der Waals surface area contributed by atoms with Crippen LogP contribution in [0.5, 0.6) is 11.5 Å². The first kappa shape index (κ1) is 49.5. The third-order valence-electron chi connectivity index (χ3n) is 13.9. The number of nitrogen functional groups attached to an aromatic ring is 1. The van der Waals surface area contributed by atoms with Crippen LogP contribution in [0.15, 0.2) is 71.5 Å². The number of hydrogen-bond donors (Lipinski definition) is 5. The molecule has 1 fully saturated rings. The number of carbonyl (C=O) groups excluding carboxylic acids is 2. The van der Waals surface area contributed by atoms with Crippen molar-refractivity contribution < 1.29 is 29.6 Å². The number of Topliss-reactive ketones (excluding diaryl/α,β-unsaturated/α-hetero) is 2. The van der Waals surface area contributed by atoms with Crippen LogP contribution >= 0.6 is 0 Å². The van der Waals surface area contributed by atoms with Crippen LogP contribution in [-0.2, 0) is 28.9 Å². The molecule has 2 heterocycles. The number of aliphatic imine (C=N–C) groups is 1. The third-order valence-corrected chi connectivity index (χ3v) is 13.9. The number of phenolic OH excluding ortho intramolecular Hbond substituents is 1. The van der Waals surface area contributed by atoms with E-state index in [1.54, 1.807) is 19.2 Å². The van der Waals surface area contributed by atoms with Gasteiger partial charge in [-0.15, -0.1) is 4.99 Å². The van der Waals surface area contributed by atoms with Gasteiger partial charge in [-0.05, 0) is 141 Å². The van der Waals surface area contributed by atoms with E-state index in [2.05, 4.69) is 74.1 Å². The SMILES string of the molecule is CCCC(C(O)CC1=C[C+](C(C)CNCC(C)O)C=N1)C1CC(Cc2ccnc(N)c2)CC2C#CC(c3ccccc3CCC(C)C)c3cc(O)c(OC)cc3CCC(=O)CC(=O)C2C1. The van der Waals surface area contributed by atoms with Crippen molar-refractivity contribution >= 4 is 23.6 Å². The van der Waals surface area contributed by atoms with E-state index in [0.29, 0.717) is 62.7 Å². The van der Waals surface area contributed by atoms with E-state index >= 15 is 0 Å². The summed E-state index contributed by atoms with van der Waals surface area (Å²) in [5, 5.41) is 36.6. The molecule has 348 valence electrons. The van der Waals surface area contributed by atoms with Crippen LogP contribution in [-0.4, -0.2) is 70.5 Å². The number of methoxy groups -OCH3 is 1. The molecule has 6 rings (SSSR count). The van der Waals surface area contributed by atoms with Crippen molar-refractivity contribution in [2.75, 3.05) is 25.9 Å². The van der Waals surface area contributed by atoms with E-state index in [4.69, 9.17) is 15.5 Å². The summed E-state index contributed by atoms with van der Waals surface area (Å²) in [5.41, 5.74) is 12.1. The molecule has 1 aromatic heterocycles. The summed E-state index contributed by atoms with van der Waals surface area (Å²) in [6.07, 6.45) is 11.6. The Hall–Kier alpha value is -4.95. The maximum absolute atomic E-state index is 14.8. The molecule has 0 radical (unpaired) electrons. The summed E-state index contributed by atoms with van der Waals surface area (Å²) in [6, 6.07) is 15.9. The van der Waals surface area contributed by atoms with Crippen LogP contribution in [0.25, 0.3) is 0 Å². The normalized spacial score (nSPS) is 23.2. The fourth-order valence-corrected chi connectivity index (χ4v) is 10.5. The summed E-state index contributed by atoms with van der Waals surface area (Å²) in [4.78, 5) is 37.7. The van der Waals surface area contributed by atoms with E-state index in [-0.39, 0.29) is 59.7 Å². The minimum Gasteiger partial charge on any atom is -0.504 e. The third kappa shape index (κ3) is 13.6. The highest BCUT2D eigenvalue weighted by Gasteiger charge is 2.42. The highest BCUT2D eigenvalue weighted by atomic mass is 16.5. The van der Waals surface area contributed by atoms with Crippen molar-refractivity contribution in [1.82, 2.24) is 10.3 Å². The average molecular weight is 886 g/mol. The molecule has 2 aliphatic carbocycles. The van der Waals surface area contributed by atoms with Crippen molar-refractivity contribution in [3.8, 4) is 23.3 Å². The Morgan fingerprint density at radius 2 is 1.77 bits per heavy atom. The number of aliphatic hydroxyl groups excluding tert-OH is 2. The first-order valence-electron chi connectivity index (χ1n) is 24.1. The molecule has 1 aliphatic heterocycles. The number of nitrogens with zero attached hydrogens (tertiary/aromatic N) is 2. The first-order chi connectivity index (χ1) is 31.2. The molecule has 6 N–H and O–H groups in total. The molecule has 9 unspecified atom stereocenters. The lowest BCUT2D eigenvalue weighted by atomic mass is 9.73. The average Bonchev–Trinajstić information content (AvgIpc) is 3.66. The second-order valence-electron chi connectivity index (χ2n) is 19.6. The lowest BCUT2D eigenvalue weighted by molar-refractivity contribution is -0.130. The summed E-state index contributed by atoms with van der Waals surface area (Å²) in [7, 11) is 1.52. The Morgan fingerprint density at radius 3 is 2.51 bits per heavy atom. The largest absolute Gasteiger partial charge is 0.504 e. The number of nitrogens with one attached hydrogen (secondary N) is 1. The van der Waals surface area contributed by atoms with E-state index < -0.39 is 24.0 Å². The minimum atomic E-state index is -0.693. The zero-order valence-corrected chi connectivity index (χ0v) is 39.6. The fraction of sp³-hybridized carbons (Fsp3) is 0.545. The summed E-state index contributed by atoms with van der Waals surface area (Å²) in [5.74, 6) is 8.60. The molecule has 2 aromatic carbocycles. The van der Waals surface area contributed by atoms with Gasteiger partial charge >= 0.3 is 0 Å². The van der Waals surface area contributed by atoms with Crippen molar-refractivity contribution in [3.63, 3.8) is 0 Å². The molecule has 1 saturated carbocycles. The molecular formula is C55H73N4O6+. The van der Waals surface area contributed by atoms with E-state index in [0.717, 1.165) is 66.0 Å². The number of nitrogens with two attached hydrogens (primary N) is 1. The van der Waals surface area contributed by atoms with Crippen LogP contribution in [0.1, 0.15) is 126 Å². The number of ketones is 2. The number of allylic oxidation sites excluding steroid dienone is 1. The monoisotopic (exact) mass is 886 g/mol. The maximum Gasteiger partial charge on any atom is 0.177 e.